The number of amides is 2. The molecule has 0 aromatic rings. The number of imide groups is 1. The van der Waals surface area contributed by atoms with Crippen LogP contribution in [-0.4, -0.2) is 37.4 Å². The third-order valence-electron chi connectivity index (χ3n) is 1.82. The smallest absolute Gasteiger partial charge is 0.255 e. The molecule has 2 N–H and O–H groups in total. The Kier molecular flexibility index (Phi) is 5.24. The average Bonchev–Trinajstić information content (AvgIpc) is 2.15. The fourth-order valence-electron chi connectivity index (χ4n) is 0.975. The summed E-state index contributed by atoms with van der Waals surface area (Å²) in [6.07, 6.45) is 0. The summed E-state index contributed by atoms with van der Waals surface area (Å²) in [5, 5.41) is 4.81. The van der Waals surface area contributed by atoms with Crippen molar-refractivity contribution in [1.29, 1.82) is 0 Å². The second kappa shape index (κ2) is 5.74. The van der Waals surface area contributed by atoms with E-state index in [0.717, 1.165) is 4.90 Å². The van der Waals surface area contributed by atoms with Gasteiger partial charge in [-0.1, -0.05) is 13.2 Å². The van der Waals surface area contributed by atoms with Crippen LogP contribution in [0.4, 0.5) is 0 Å². The molecule has 17 heavy (non-hydrogen) atoms. The van der Waals surface area contributed by atoms with Gasteiger partial charge in [0, 0.05) is 17.7 Å². The van der Waals surface area contributed by atoms with Crippen molar-refractivity contribution in [2.24, 2.45) is 5.14 Å². The van der Waals surface area contributed by atoms with Crippen molar-refractivity contribution in [3.8, 4) is 0 Å². The molecular formula is C10H16N2O4S. The van der Waals surface area contributed by atoms with Gasteiger partial charge >= 0.3 is 0 Å². The molecule has 0 radical (unpaired) electrons. The quantitative estimate of drug-likeness (QED) is 0.691. The lowest BCUT2D eigenvalue weighted by Gasteiger charge is -2.20. The van der Waals surface area contributed by atoms with Gasteiger partial charge in [-0.25, -0.2) is 13.6 Å². The number of nitrogens with two attached hydrogens (primary N) is 1. The molecule has 0 bridgehead atoms. The Labute approximate surface area is 101 Å². The van der Waals surface area contributed by atoms with E-state index in [1.54, 1.807) is 0 Å². The molecule has 0 atom stereocenters. The zero-order valence-electron chi connectivity index (χ0n) is 9.89. The van der Waals surface area contributed by atoms with E-state index >= 15 is 0 Å². The molecule has 0 saturated heterocycles. The molecule has 0 fully saturated rings. The molecule has 2 amide bonds. The summed E-state index contributed by atoms with van der Waals surface area (Å²) in [6.45, 7) is 9.36. The minimum absolute atomic E-state index is 0.133. The van der Waals surface area contributed by atoms with Crippen LogP contribution in [0.25, 0.3) is 0 Å². The lowest BCUT2D eigenvalue weighted by molar-refractivity contribution is -0.139. The molecule has 6 nitrogen and oxygen atoms in total. The predicted molar refractivity (Wildman–Crippen MR) is 64.3 cm³/mol. The zero-order valence-corrected chi connectivity index (χ0v) is 10.7. The molecule has 0 aromatic heterocycles. The van der Waals surface area contributed by atoms with Crippen LogP contribution in [0.5, 0.6) is 0 Å². The molecule has 0 aliphatic rings. The minimum atomic E-state index is -3.74. The van der Waals surface area contributed by atoms with E-state index in [9.17, 15) is 18.0 Å². The summed E-state index contributed by atoms with van der Waals surface area (Å²) < 4.78 is 21.6. The minimum Gasteiger partial charge on any atom is -0.274 e. The highest BCUT2D eigenvalue weighted by Crippen LogP contribution is 2.05. The van der Waals surface area contributed by atoms with Gasteiger partial charge in [0.15, 0.2) is 0 Å². The summed E-state index contributed by atoms with van der Waals surface area (Å²) in [4.78, 5) is 24.0. The van der Waals surface area contributed by atoms with Crippen LogP contribution in [-0.2, 0) is 19.6 Å². The Bertz CT molecular complexity index is 439. The molecule has 0 spiro atoms. The van der Waals surface area contributed by atoms with Gasteiger partial charge in [-0.15, -0.1) is 0 Å². The summed E-state index contributed by atoms with van der Waals surface area (Å²) >= 11 is 0. The van der Waals surface area contributed by atoms with E-state index < -0.39 is 27.6 Å². The number of primary sulfonamides is 1. The van der Waals surface area contributed by atoms with Crippen molar-refractivity contribution < 1.29 is 18.0 Å². The highest BCUT2D eigenvalue weighted by Gasteiger charge is 2.23. The predicted octanol–water partition coefficient (Wildman–Crippen LogP) is -0.218. The lowest BCUT2D eigenvalue weighted by atomic mass is 10.2. The first-order valence-electron chi connectivity index (χ1n) is 4.74. The average molecular weight is 260 g/mol. The molecule has 0 aliphatic carbocycles. The Hall–Kier alpha value is -1.47. The summed E-state index contributed by atoms with van der Waals surface area (Å²) in [5.74, 6) is -1.77. The number of hydrogen-bond donors (Lipinski definition) is 1. The van der Waals surface area contributed by atoms with Crippen molar-refractivity contribution in [3.05, 3.63) is 24.3 Å². The summed E-state index contributed by atoms with van der Waals surface area (Å²) in [6, 6.07) is 0. The normalized spacial score (nSPS) is 10.8. The van der Waals surface area contributed by atoms with Crippen LogP contribution in [0.15, 0.2) is 24.3 Å². The maximum atomic E-state index is 11.6. The Morgan fingerprint density at radius 1 is 1.12 bits per heavy atom. The van der Waals surface area contributed by atoms with Gasteiger partial charge in [0.2, 0.25) is 10.0 Å². The monoisotopic (exact) mass is 260 g/mol. The molecule has 0 aromatic carbocycles. The molecule has 0 heterocycles. The number of nitrogens with zero attached hydrogens (tertiary/aromatic N) is 1. The van der Waals surface area contributed by atoms with E-state index in [-0.39, 0.29) is 17.7 Å². The Balaban J connectivity index is 5.00. The van der Waals surface area contributed by atoms with E-state index in [2.05, 4.69) is 13.2 Å². The van der Waals surface area contributed by atoms with Crippen LogP contribution in [0.3, 0.4) is 0 Å². The van der Waals surface area contributed by atoms with Gasteiger partial charge in [-0.2, -0.15) is 0 Å². The Morgan fingerprint density at radius 2 is 1.47 bits per heavy atom. The van der Waals surface area contributed by atoms with E-state index in [1.807, 2.05) is 0 Å². The second-order valence-electron chi connectivity index (χ2n) is 3.69. The summed E-state index contributed by atoms with van der Waals surface area (Å²) in [7, 11) is -3.74. The van der Waals surface area contributed by atoms with Gasteiger partial charge in [-0.05, 0) is 13.8 Å². The molecule has 7 heteroatoms. The van der Waals surface area contributed by atoms with Crippen molar-refractivity contribution in [3.63, 3.8) is 0 Å². The molecule has 0 rings (SSSR count). The molecule has 0 saturated carbocycles. The topological polar surface area (TPSA) is 97.5 Å². The fraction of sp³-hybridized carbons (Fsp3) is 0.400. The van der Waals surface area contributed by atoms with Gasteiger partial charge in [0.05, 0.1) is 5.75 Å². The SMILES string of the molecule is C=C(C)C(=O)N(CCS(N)(=O)=O)C(=O)C(=C)C. The van der Waals surface area contributed by atoms with Crippen molar-refractivity contribution >= 4 is 21.8 Å². The first-order chi connectivity index (χ1) is 7.56. The lowest BCUT2D eigenvalue weighted by Crippen LogP contribution is -2.41. The highest BCUT2D eigenvalue weighted by molar-refractivity contribution is 7.89. The third-order valence-corrected chi connectivity index (χ3v) is 2.57. The highest BCUT2D eigenvalue weighted by atomic mass is 32.2. The Morgan fingerprint density at radius 3 is 1.71 bits per heavy atom. The molecule has 96 valence electrons. The third kappa shape index (κ3) is 5.41. The number of carbonyl (C=O) groups excluding carboxylic acids is 2. The molecular weight excluding hydrogens is 244 g/mol. The fourth-order valence-corrected chi connectivity index (χ4v) is 1.41. The summed E-state index contributed by atoms with van der Waals surface area (Å²) in [5.41, 5.74) is 0.267. The largest absolute Gasteiger partial charge is 0.274 e. The van der Waals surface area contributed by atoms with Crippen LogP contribution in [0.2, 0.25) is 0 Å². The number of carbonyl (C=O) groups is 2. The van der Waals surface area contributed by atoms with Crippen LogP contribution in [0.1, 0.15) is 13.8 Å². The van der Waals surface area contributed by atoms with Crippen LogP contribution >= 0.6 is 0 Å². The molecule has 0 unspecified atom stereocenters. The maximum absolute atomic E-state index is 11.6. The van der Waals surface area contributed by atoms with Crippen molar-refractivity contribution in [2.75, 3.05) is 12.3 Å². The molecule has 0 aliphatic heterocycles. The van der Waals surface area contributed by atoms with Crippen LogP contribution in [0, 0.1) is 0 Å². The van der Waals surface area contributed by atoms with Gasteiger partial charge in [0.1, 0.15) is 0 Å². The van der Waals surface area contributed by atoms with E-state index in [4.69, 9.17) is 5.14 Å². The van der Waals surface area contributed by atoms with E-state index in [1.165, 1.54) is 13.8 Å². The van der Waals surface area contributed by atoms with Crippen molar-refractivity contribution in [1.82, 2.24) is 4.90 Å². The van der Waals surface area contributed by atoms with Crippen LogP contribution < -0.4 is 5.14 Å². The number of sulfonamides is 1. The first kappa shape index (κ1) is 15.5. The van der Waals surface area contributed by atoms with E-state index in [0.29, 0.717) is 0 Å². The van der Waals surface area contributed by atoms with Gasteiger partial charge in [0.25, 0.3) is 11.8 Å². The maximum Gasteiger partial charge on any atom is 0.255 e. The number of hydrogen-bond acceptors (Lipinski definition) is 4. The second-order valence-corrected chi connectivity index (χ2v) is 5.42. The van der Waals surface area contributed by atoms with Crippen molar-refractivity contribution in [2.45, 2.75) is 13.8 Å². The number of rotatable bonds is 5. The standard InChI is InChI=1S/C10H16N2O4S/c1-7(2)9(13)12(10(14)8(3)4)5-6-17(11,15)16/h1,3,5-6H2,2,4H3,(H2,11,15,16). The zero-order chi connectivity index (χ0) is 13.8. The van der Waals surface area contributed by atoms with Gasteiger partial charge < -0.3 is 0 Å². The first-order valence-corrected chi connectivity index (χ1v) is 6.45. The van der Waals surface area contributed by atoms with Gasteiger partial charge in [-0.3, -0.25) is 14.5 Å².